The second-order valence-electron chi connectivity index (χ2n) is 8.77. The summed E-state index contributed by atoms with van der Waals surface area (Å²) in [4.78, 5) is 9.15. The van der Waals surface area contributed by atoms with E-state index in [1.54, 1.807) is 0 Å². The van der Waals surface area contributed by atoms with Gasteiger partial charge in [0.05, 0.1) is 0 Å². The van der Waals surface area contributed by atoms with Crippen molar-refractivity contribution in [2.24, 2.45) is 23.7 Å². The van der Waals surface area contributed by atoms with E-state index in [0.29, 0.717) is 0 Å². The highest BCUT2D eigenvalue weighted by molar-refractivity contribution is 5.05. The maximum Gasteiger partial charge on any atom is 0.128 e. The molecule has 2 saturated carbocycles. The summed E-state index contributed by atoms with van der Waals surface area (Å²) in [7, 11) is 0. The minimum absolute atomic E-state index is 0.919. The van der Waals surface area contributed by atoms with E-state index in [9.17, 15) is 0 Å². The first-order valence-electron chi connectivity index (χ1n) is 11.1. The van der Waals surface area contributed by atoms with Crippen molar-refractivity contribution in [2.45, 2.75) is 97.3 Å². The lowest BCUT2D eigenvalue weighted by atomic mass is 9.68. The third kappa shape index (κ3) is 5.53. The van der Waals surface area contributed by atoms with Crippen molar-refractivity contribution in [3.63, 3.8) is 0 Å². The summed E-state index contributed by atoms with van der Waals surface area (Å²) in [5, 5.41) is 0. The Morgan fingerprint density at radius 3 is 1.84 bits per heavy atom. The lowest BCUT2D eigenvalue weighted by Gasteiger charge is -2.37. The molecule has 2 fully saturated rings. The first-order chi connectivity index (χ1) is 12.3. The molecule has 0 aliphatic heterocycles. The summed E-state index contributed by atoms with van der Waals surface area (Å²) < 4.78 is 0. The molecule has 0 N–H and O–H groups in total. The Bertz CT molecular complexity index is 479. The number of rotatable bonds is 7. The molecule has 1 heterocycles. The van der Waals surface area contributed by atoms with Gasteiger partial charge in [0.1, 0.15) is 5.82 Å². The van der Waals surface area contributed by atoms with Crippen molar-refractivity contribution in [3.05, 3.63) is 23.8 Å². The van der Waals surface area contributed by atoms with Crippen LogP contribution < -0.4 is 0 Å². The van der Waals surface area contributed by atoms with E-state index in [-0.39, 0.29) is 0 Å². The zero-order valence-corrected chi connectivity index (χ0v) is 16.6. The van der Waals surface area contributed by atoms with E-state index in [2.05, 4.69) is 23.8 Å². The molecular weight excluding hydrogens is 304 g/mol. The van der Waals surface area contributed by atoms with Gasteiger partial charge in [0.2, 0.25) is 0 Å². The van der Waals surface area contributed by atoms with Crippen molar-refractivity contribution in [1.29, 1.82) is 0 Å². The van der Waals surface area contributed by atoms with E-state index >= 15 is 0 Å². The Morgan fingerprint density at radius 1 is 0.760 bits per heavy atom. The van der Waals surface area contributed by atoms with E-state index in [4.69, 9.17) is 0 Å². The molecule has 0 unspecified atom stereocenters. The molecule has 0 atom stereocenters. The van der Waals surface area contributed by atoms with Gasteiger partial charge in [-0.05, 0) is 67.8 Å². The highest BCUT2D eigenvalue weighted by atomic mass is 14.9. The summed E-state index contributed by atoms with van der Waals surface area (Å²) in [5.41, 5.74) is 1.28. The predicted octanol–water partition coefficient (Wildman–Crippen LogP) is 6.38. The van der Waals surface area contributed by atoms with Crippen LogP contribution in [0.1, 0.15) is 95.9 Å². The van der Waals surface area contributed by atoms with Gasteiger partial charge >= 0.3 is 0 Å². The minimum Gasteiger partial charge on any atom is -0.241 e. The molecule has 0 saturated heterocycles. The topological polar surface area (TPSA) is 25.8 Å². The third-order valence-corrected chi connectivity index (χ3v) is 7.10. The number of aromatic nitrogens is 2. The van der Waals surface area contributed by atoms with Crippen molar-refractivity contribution >= 4 is 0 Å². The third-order valence-electron chi connectivity index (χ3n) is 7.10. The fraction of sp³-hybridized carbons (Fsp3) is 0.826. The molecule has 1 aromatic rings. The first-order valence-corrected chi connectivity index (χ1v) is 11.1. The van der Waals surface area contributed by atoms with Crippen molar-refractivity contribution in [1.82, 2.24) is 9.97 Å². The molecule has 2 heteroatoms. The van der Waals surface area contributed by atoms with Crippen LogP contribution in [0.3, 0.4) is 0 Å². The van der Waals surface area contributed by atoms with Gasteiger partial charge in [0.15, 0.2) is 0 Å². The smallest absolute Gasteiger partial charge is 0.128 e. The van der Waals surface area contributed by atoms with Gasteiger partial charge in [-0.15, -0.1) is 0 Å². The van der Waals surface area contributed by atoms with Gasteiger partial charge in [0, 0.05) is 18.8 Å². The monoisotopic (exact) mass is 342 g/mol. The molecule has 25 heavy (non-hydrogen) atoms. The quantitative estimate of drug-likeness (QED) is 0.574. The van der Waals surface area contributed by atoms with Crippen molar-refractivity contribution in [3.8, 4) is 0 Å². The maximum absolute atomic E-state index is 4.57. The second kappa shape index (κ2) is 9.69. The predicted molar refractivity (Wildman–Crippen MR) is 106 cm³/mol. The van der Waals surface area contributed by atoms with Gasteiger partial charge in [-0.25, -0.2) is 9.97 Å². The van der Waals surface area contributed by atoms with E-state index < -0.39 is 0 Å². The molecule has 0 aromatic carbocycles. The van der Waals surface area contributed by atoms with E-state index in [1.807, 2.05) is 12.4 Å². The van der Waals surface area contributed by atoms with Crippen LogP contribution in [0.2, 0.25) is 0 Å². The van der Waals surface area contributed by atoms with Crippen LogP contribution in [0.15, 0.2) is 12.4 Å². The molecule has 3 rings (SSSR count). The molecule has 2 aliphatic carbocycles. The summed E-state index contributed by atoms with van der Waals surface area (Å²) >= 11 is 0. The standard InChI is InChI=1S/C23H38N2/c1-3-5-20-16-24-23(25-17-20)15-10-19-8-13-22(14-9-19)21-11-6-18(4-2)7-12-21/h16-19,21-22H,3-15H2,1-2H3. The van der Waals surface area contributed by atoms with Crippen LogP contribution >= 0.6 is 0 Å². The van der Waals surface area contributed by atoms with Gasteiger partial charge in [-0.1, -0.05) is 52.4 Å². The molecule has 2 aliphatic rings. The Labute approximate surface area is 155 Å². The fourth-order valence-electron chi connectivity index (χ4n) is 5.28. The minimum atomic E-state index is 0.919. The molecule has 0 bridgehead atoms. The molecule has 0 amide bonds. The number of hydrogen-bond donors (Lipinski definition) is 0. The average Bonchev–Trinajstić information content (AvgIpc) is 2.68. The zero-order chi connectivity index (χ0) is 17.5. The molecule has 0 spiro atoms. The molecule has 2 nitrogen and oxygen atoms in total. The van der Waals surface area contributed by atoms with Crippen LogP contribution in [0.4, 0.5) is 0 Å². The van der Waals surface area contributed by atoms with Crippen LogP contribution in [0, 0.1) is 23.7 Å². The highest BCUT2D eigenvalue weighted by Crippen LogP contribution is 2.42. The van der Waals surface area contributed by atoms with E-state index in [1.165, 1.54) is 76.2 Å². The SMILES string of the molecule is CCCc1cnc(CCC2CCC(C3CCC(CC)CC3)CC2)nc1. The molecular formula is C23H38N2. The Balaban J connectivity index is 1.36. The summed E-state index contributed by atoms with van der Waals surface area (Å²) in [6.07, 6.45) is 22.0. The Hall–Kier alpha value is -0.920. The lowest BCUT2D eigenvalue weighted by Crippen LogP contribution is -2.26. The van der Waals surface area contributed by atoms with Gasteiger partial charge in [0.25, 0.3) is 0 Å². The average molecular weight is 343 g/mol. The van der Waals surface area contributed by atoms with Gasteiger partial charge < -0.3 is 0 Å². The van der Waals surface area contributed by atoms with Crippen LogP contribution in [-0.4, -0.2) is 9.97 Å². The Kier molecular flexibility index (Phi) is 7.31. The summed E-state index contributed by atoms with van der Waals surface area (Å²) in [5.74, 6) is 5.11. The van der Waals surface area contributed by atoms with Gasteiger partial charge in [-0.3, -0.25) is 0 Å². The van der Waals surface area contributed by atoms with Crippen LogP contribution in [0.5, 0.6) is 0 Å². The summed E-state index contributed by atoms with van der Waals surface area (Å²) in [6.45, 7) is 4.58. The number of aryl methyl sites for hydroxylation is 2. The fourth-order valence-corrected chi connectivity index (χ4v) is 5.28. The van der Waals surface area contributed by atoms with E-state index in [0.717, 1.165) is 42.3 Å². The highest BCUT2D eigenvalue weighted by Gasteiger charge is 2.30. The van der Waals surface area contributed by atoms with Crippen LogP contribution in [0.25, 0.3) is 0 Å². The number of nitrogens with zero attached hydrogens (tertiary/aromatic N) is 2. The first kappa shape index (κ1) is 18.9. The molecule has 140 valence electrons. The second-order valence-corrected chi connectivity index (χ2v) is 8.77. The lowest BCUT2D eigenvalue weighted by molar-refractivity contribution is 0.142. The largest absolute Gasteiger partial charge is 0.241 e. The van der Waals surface area contributed by atoms with Crippen molar-refractivity contribution in [2.75, 3.05) is 0 Å². The molecule has 0 radical (unpaired) electrons. The number of hydrogen-bond acceptors (Lipinski definition) is 2. The normalized spacial score (nSPS) is 30.3. The zero-order valence-electron chi connectivity index (χ0n) is 16.6. The van der Waals surface area contributed by atoms with Gasteiger partial charge in [-0.2, -0.15) is 0 Å². The van der Waals surface area contributed by atoms with Crippen LogP contribution in [-0.2, 0) is 12.8 Å². The Morgan fingerprint density at radius 2 is 1.32 bits per heavy atom. The van der Waals surface area contributed by atoms with Crippen molar-refractivity contribution < 1.29 is 0 Å². The summed E-state index contributed by atoms with van der Waals surface area (Å²) in [6, 6.07) is 0. The molecule has 1 aromatic heterocycles. The maximum atomic E-state index is 4.57.